The van der Waals surface area contributed by atoms with E-state index in [2.05, 4.69) is 49.1 Å². The quantitative estimate of drug-likeness (QED) is 0.474. The molecule has 140 valence electrons. The van der Waals surface area contributed by atoms with E-state index in [1.807, 2.05) is 25.1 Å². The maximum Gasteiger partial charge on any atom is 0.320 e. The molecule has 0 N–H and O–H groups in total. The van der Waals surface area contributed by atoms with Crippen molar-refractivity contribution in [3.63, 3.8) is 0 Å². The summed E-state index contributed by atoms with van der Waals surface area (Å²) >= 11 is 0. The standard InChI is InChI=1S/C22H29NO3/c1-4-25-22(24)17-23(16-20-9-6-5-7-10-20)13-8-14-26-21-15-18(2)11-12-19(21)3/h5-7,9-12,15H,4,8,13-14,16-17H2,1-3H3. The van der Waals surface area contributed by atoms with Crippen LogP contribution in [0.3, 0.4) is 0 Å². The summed E-state index contributed by atoms with van der Waals surface area (Å²) in [6, 6.07) is 16.4. The van der Waals surface area contributed by atoms with Gasteiger partial charge in [0, 0.05) is 13.1 Å². The number of esters is 1. The fraction of sp³-hybridized carbons (Fsp3) is 0.409. The zero-order valence-corrected chi connectivity index (χ0v) is 16.0. The summed E-state index contributed by atoms with van der Waals surface area (Å²) in [5.41, 5.74) is 3.52. The average Bonchev–Trinajstić information content (AvgIpc) is 2.62. The summed E-state index contributed by atoms with van der Waals surface area (Å²) in [7, 11) is 0. The molecule has 0 atom stereocenters. The largest absolute Gasteiger partial charge is 0.493 e. The summed E-state index contributed by atoms with van der Waals surface area (Å²) < 4.78 is 11.0. The van der Waals surface area contributed by atoms with Crippen molar-refractivity contribution in [1.82, 2.24) is 4.90 Å². The molecule has 0 aliphatic carbocycles. The van der Waals surface area contributed by atoms with E-state index in [1.54, 1.807) is 0 Å². The van der Waals surface area contributed by atoms with Crippen LogP contribution in [-0.2, 0) is 16.1 Å². The minimum atomic E-state index is -0.182. The van der Waals surface area contributed by atoms with Gasteiger partial charge < -0.3 is 9.47 Å². The molecule has 0 aliphatic heterocycles. The Morgan fingerprint density at radius 2 is 1.85 bits per heavy atom. The Hall–Kier alpha value is -2.33. The Kier molecular flexibility index (Phi) is 8.16. The molecular weight excluding hydrogens is 326 g/mol. The third kappa shape index (κ3) is 6.89. The van der Waals surface area contributed by atoms with Crippen molar-refractivity contribution in [2.75, 3.05) is 26.3 Å². The predicted molar refractivity (Wildman–Crippen MR) is 104 cm³/mol. The number of ether oxygens (including phenoxy) is 2. The maximum absolute atomic E-state index is 11.9. The molecule has 0 amide bonds. The first kappa shape index (κ1) is 20.0. The second-order valence-electron chi connectivity index (χ2n) is 6.47. The van der Waals surface area contributed by atoms with Crippen LogP contribution in [-0.4, -0.2) is 37.2 Å². The SMILES string of the molecule is CCOC(=O)CN(CCCOc1cc(C)ccc1C)Cc1ccccc1. The number of carbonyl (C=O) groups is 1. The molecule has 26 heavy (non-hydrogen) atoms. The predicted octanol–water partition coefficient (Wildman–Crippen LogP) is 4.14. The lowest BCUT2D eigenvalue weighted by Gasteiger charge is -2.21. The molecular formula is C22H29NO3. The number of aryl methyl sites for hydroxylation is 2. The van der Waals surface area contributed by atoms with Gasteiger partial charge in [-0.1, -0.05) is 42.5 Å². The van der Waals surface area contributed by atoms with Crippen LogP contribution in [0.1, 0.15) is 30.0 Å². The second kappa shape index (κ2) is 10.6. The van der Waals surface area contributed by atoms with E-state index >= 15 is 0 Å². The number of nitrogens with zero attached hydrogens (tertiary/aromatic N) is 1. The minimum absolute atomic E-state index is 0.182. The normalized spacial score (nSPS) is 10.8. The fourth-order valence-corrected chi connectivity index (χ4v) is 2.78. The van der Waals surface area contributed by atoms with Crippen molar-refractivity contribution in [2.24, 2.45) is 0 Å². The van der Waals surface area contributed by atoms with E-state index in [9.17, 15) is 4.79 Å². The first-order valence-corrected chi connectivity index (χ1v) is 9.20. The molecule has 2 rings (SSSR count). The molecule has 0 radical (unpaired) electrons. The topological polar surface area (TPSA) is 38.8 Å². The van der Waals surface area contributed by atoms with Gasteiger partial charge in [0.25, 0.3) is 0 Å². The molecule has 0 unspecified atom stereocenters. The summed E-state index contributed by atoms with van der Waals surface area (Å²) in [6.45, 7) is 8.78. The van der Waals surface area contributed by atoms with Crippen molar-refractivity contribution in [2.45, 2.75) is 33.7 Å². The number of benzene rings is 2. The molecule has 0 fully saturated rings. The lowest BCUT2D eigenvalue weighted by Crippen LogP contribution is -2.32. The van der Waals surface area contributed by atoms with Crippen LogP contribution in [0, 0.1) is 13.8 Å². The van der Waals surface area contributed by atoms with Gasteiger partial charge in [0.1, 0.15) is 5.75 Å². The zero-order chi connectivity index (χ0) is 18.8. The van der Waals surface area contributed by atoms with Crippen molar-refractivity contribution in [1.29, 1.82) is 0 Å². The third-order valence-corrected chi connectivity index (χ3v) is 4.13. The zero-order valence-electron chi connectivity index (χ0n) is 16.0. The molecule has 4 nitrogen and oxygen atoms in total. The lowest BCUT2D eigenvalue weighted by atomic mass is 10.1. The van der Waals surface area contributed by atoms with Gasteiger partial charge in [-0.25, -0.2) is 0 Å². The fourth-order valence-electron chi connectivity index (χ4n) is 2.78. The van der Waals surface area contributed by atoms with E-state index in [1.165, 1.54) is 11.1 Å². The summed E-state index contributed by atoms with van der Waals surface area (Å²) in [6.07, 6.45) is 0.847. The van der Waals surface area contributed by atoms with Gasteiger partial charge in [0.2, 0.25) is 0 Å². The van der Waals surface area contributed by atoms with Crippen LogP contribution >= 0.6 is 0 Å². The van der Waals surface area contributed by atoms with Gasteiger partial charge in [-0.15, -0.1) is 0 Å². The van der Waals surface area contributed by atoms with Gasteiger partial charge in [-0.3, -0.25) is 9.69 Å². The van der Waals surface area contributed by atoms with Crippen LogP contribution in [0.4, 0.5) is 0 Å². The van der Waals surface area contributed by atoms with Gasteiger partial charge in [-0.2, -0.15) is 0 Å². The first-order valence-electron chi connectivity index (χ1n) is 9.20. The molecule has 0 aliphatic rings. The Bertz CT molecular complexity index is 685. The van der Waals surface area contributed by atoms with Crippen molar-refractivity contribution in [3.8, 4) is 5.75 Å². The smallest absolute Gasteiger partial charge is 0.320 e. The van der Waals surface area contributed by atoms with Crippen LogP contribution in [0.15, 0.2) is 48.5 Å². The first-order chi connectivity index (χ1) is 12.6. The highest BCUT2D eigenvalue weighted by atomic mass is 16.5. The van der Waals surface area contributed by atoms with Gasteiger partial charge >= 0.3 is 5.97 Å². The van der Waals surface area contributed by atoms with E-state index in [0.29, 0.717) is 19.8 Å². The van der Waals surface area contributed by atoms with Crippen LogP contribution < -0.4 is 4.74 Å². The van der Waals surface area contributed by atoms with E-state index in [4.69, 9.17) is 9.47 Å². The van der Waals surface area contributed by atoms with E-state index in [0.717, 1.165) is 30.8 Å². The molecule has 2 aromatic rings. The van der Waals surface area contributed by atoms with Crippen LogP contribution in [0.5, 0.6) is 5.75 Å². The summed E-state index contributed by atoms with van der Waals surface area (Å²) in [4.78, 5) is 14.0. The Morgan fingerprint density at radius 3 is 2.58 bits per heavy atom. The molecule has 0 saturated carbocycles. The lowest BCUT2D eigenvalue weighted by molar-refractivity contribution is -0.144. The van der Waals surface area contributed by atoms with E-state index < -0.39 is 0 Å². The molecule has 0 saturated heterocycles. The van der Waals surface area contributed by atoms with Crippen molar-refractivity contribution >= 4 is 5.97 Å². The molecule has 0 spiro atoms. The summed E-state index contributed by atoms with van der Waals surface area (Å²) in [5, 5.41) is 0. The van der Waals surface area contributed by atoms with Crippen molar-refractivity contribution < 1.29 is 14.3 Å². The third-order valence-electron chi connectivity index (χ3n) is 4.13. The molecule has 2 aromatic carbocycles. The molecule has 0 aromatic heterocycles. The summed E-state index contributed by atoms with van der Waals surface area (Å²) in [5.74, 6) is 0.754. The Balaban J connectivity index is 1.86. The van der Waals surface area contributed by atoms with E-state index in [-0.39, 0.29) is 5.97 Å². The van der Waals surface area contributed by atoms with Gasteiger partial charge in [0.05, 0.1) is 19.8 Å². The monoisotopic (exact) mass is 355 g/mol. The number of rotatable bonds is 10. The molecule has 0 heterocycles. The Morgan fingerprint density at radius 1 is 1.08 bits per heavy atom. The highest BCUT2D eigenvalue weighted by Crippen LogP contribution is 2.19. The van der Waals surface area contributed by atoms with Crippen LogP contribution in [0.25, 0.3) is 0 Å². The molecule has 4 heteroatoms. The average molecular weight is 355 g/mol. The highest BCUT2D eigenvalue weighted by Gasteiger charge is 2.12. The number of hydrogen-bond donors (Lipinski definition) is 0. The number of hydrogen-bond acceptors (Lipinski definition) is 4. The minimum Gasteiger partial charge on any atom is -0.493 e. The van der Waals surface area contributed by atoms with Crippen molar-refractivity contribution in [3.05, 3.63) is 65.2 Å². The maximum atomic E-state index is 11.9. The Labute approximate surface area is 156 Å². The second-order valence-corrected chi connectivity index (χ2v) is 6.47. The highest BCUT2D eigenvalue weighted by molar-refractivity contribution is 5.71. The van der Waals surface area contributed by atoms with Crippen LogP contribution in [0.2, 0.25) is 0 Å². The van der Waals surface area contributed by atoms with Gasteiger partial charge in [-0.05, 0) is 49.9 Å². The number of carbonyl (C=O) groups excluding carboxylic acids is 1. The van der Waals surface area contributed by atoms with Gasteiger partial charge in [0.15, 0.2) is 0 Å². The molecule has 0 bridgehead atoms.